The highest BCUT2D eigenvalue weighted by atomic mass is 19.3. The lowest BCUT2D eigenvalue weighted by atomic mass is 9.85. The first-order valence-electron chi connectivity index (χ1n) is 11.1. The molecule has 162 valence electrons. The summed E-state index contributed by atoms with van der Waals surface area (Å²) < 4.78 is 28.9. The molecule has 0 spiro atoms. The van der Waals surface area contributed by atoms with Crippen molar-refractivity contribution in [2.24, 2.45) is 5.92 Å². The van der Waals surface area contributed by atoms with Crippen LogP contribution in [0, 0.1) is 12.8 Å². The maximum Gasteiger partial charge on any atom is 0.260 e. The Morgan fingerprint density at radius 3 is 2.69 bits per heavy atom. The predicted molar refractivity (Wildman–Crippen MR) is 108 cm³/mol. The topological polar surface area (TPSA) is 53.4 Å². The van der Waals surface area contributed by atoms with Crippen LogP contribution >= 0.6 is 0 Å². The Kier molecular flexibility index (Phi) is 6.08. The summed E-state index contributed by atoms with van der Waals surface area (Å²) in [6.07, 6.45) is 3.36. The molecule has 3 aliphatic heterocycles. The van der Waals surface area contributed by atoms with Crippen molar-refractivity contribution in [2.75, 3.05) is 31.5 Å². The predicted octanol–water partition coefficient (Wildman–Crippen LogP) is 3.29. The number of nitrogens with zero attached hydrogens (tertiary/aromatic N) is 4. The molecule has 2 fully saturated rings. The highest BCUT2D eigenvalue weighted by Crippen LogP contribution is 2.36. The number of anilines is 1. The summed E-state index contributed by atoms with van der Waals surface area (Å²) in [6, 6.07) is 0.791. The maximum atomic E-state index is 13.7. The summed E-state index contributed by atoms with van der Waals surface area (Å²) in [7, 11) is 0. The standard InChI is InChI=1S/C21H33F2N5O/c1-14-11-19-24-17(12-18(20(22)23)28(19)25-14)16-7-6-10-27(13-16)21(29)15(2)26-8-4-3-5-9-26/h11,15-18,20,24H,3-10,12-13H2,1-2H3/t15?,16?,17-,18+/m0/s1. The number of alkyl halides is 2. The van der Waals surface area contributed by atoms with Crippen molar-refractivity contribution in [1.82, 2.24) is 19.6 Å². The Morgan fingerprint density at radius 2 is 1.97 bits per heavy atom. The van der Waals surface area contributed by atoms with Gasteiger partial charge in [-0.3, -0.25) is 9.69 Å². The molecule has 4 atom stereocenters. The number of nitrogens with one attached hydrogen (secondary N) is 1. The van der Waals surface area contributed by atoms with Gasteiger partial charge in [-0.2, -0.15) is 5.10 Å². The Labute approximate surface area is 171 Å². The molecule has 29 heavy (non-hydrogen) atoms. The van der Waals surface area contributed by atoms with Gasteiger partial charge in [0.05, 0.1) is 11.7 Å². The Bertz CT molecular complexity index is 718. The second-order valence-corrected chi connectivity index (χ2v) is 8.96. The molecule has 0 aromatic carbocycles. The highest BCUT2D eigenvalue weighted by molar-refractivity contribution is 5.81. The van der Waals surface area contributed by atoms with Gasteiger partial charge < -0.3 is 10.2 Å². The number of carbonyl (C=O) groups is 1. The largest absolute Gasteiger partial charge is 0.367 e. The number of piperidine rings is 2. The molecule has 8 heteroatoms. The second-order valence-electron chi connectivity index (χ2n) is 8.96. The van der Waals surface area contributed by atoms with Gasteiger partial charge in [-0.25, -0.2) is 13.5 Å². The molecule has 1 aromatic heterocycles. The van der Waals surface area contributed by atoms with Crippen LogP contribution in [0.5, 0.6) is 0 Å². The fourth-order valence-electron chi connectivity index (χ4n) is 5.27. The van der Waals surface area contributed by atoms with Crippen LogP contribution < -0.4 is 5.32 Å². The molecule has 1 amide bonds. The minimum absolute atomic E-state index is 0.0570. The van der Waals surface area contributed by atoms with E-state index in [1.54, 1.807) is 0 Å². The first kappa shape index (κ1) is 20.6. The molecule has 2 saturated heterocycles. The molecule has 6 nitrogen and oxygen atoms in total. The number of halogens is 2. The van der Waals surface area contributed by atoms with Crippen molar-refractivity contribution < 1.29 is 13.6 Å². The van der Waals surface area contributed by atoms with Crippen LogP contribution in [-0.2, 0) is 4.79 Å². The molecule has 0 aliphatic carbocycles. The Morgan fingerprint density at radius 1 is 1.21 bits per heavy atom. The van der Waals surface area contributed by atoms with Crippen LogP contribution in [0.4, 0.5) is 14.6 Å². The van der Waals surface area contributed by atoms with Crippen molar-refractivity contribution in [3.63, 3.8) is 0 Å². The summed E-state index contributed by atoms with van der Waals surface area (Å²) in [5.41, 5.74) is 0.745. The molecule has 2 unspecified atom stereocenters. The minimum atomic E-state index is -2.45. The van der Waals surface area contributed by atoms with Crippen LogP contribution in [0.3, 0.4) is 0 Å². The van der Waals surface area contributed by atoms with E-state index in [1.807, 2.05) is 24.8 Å². The van der Waals surface area contributed by atoms with Gasteiger partial charge in [0.1, 0.15) is 11.9 Å². The van der Waals surface area contributed by atoms with E-state index >= 15 is 0 Å². The van der Waals surface area contributed by atoms with Gasteiger partial charge in [0.2, 0.25) is 5.91 Å². The van der Waals surface area contributed by atoms with Crippen molar-refractivity contribution in [3.8, 4) is 0 Å². The molecular formula is C21H33F2N5O. The lowest BCUT2D eigenvalue weighted by molar-refractivity contribution is -0.138. The summed E-state index contributed by atoms with van der Waals surface area (Å²) in [6.45, 7) is 7.26. The number of hydrogen-bond acceptors (Lipinski definition) is 4. The SMILES string of the molecule is Cc1cc2n(n1)[C@@H](C(F)F)C[C@@H](C1CCCN(C(=O)C(C)N3CCCCC3)C1)N2. The van der Waals surface area contributed by atoms with Crippen LogP contribution in [0.15, 0.2) is 6.07 Å². The third-order valence-corrected chi connectivity index (χ3v) is 6.93. The van der Waals surface area contributed by atoms with Crippen LogP contribution in [-0.4, -0.2) is 70.2 Å². The lowest BCUT2D eigenvalue weighted by Gasteiger charge is -2.42. The van der Waals surface area contributed by atoms with E-state index in [9.17, 15) is 13.6 Å². The zero-order valence-electron chi connectivity index (χ0n) is 17.5. The average molecular weight is 410 g/mol. The lowest BCUT2D eigenvalue weighted by Crippen LogP contribution is -2.53. The number of likely N-dealkylation sites (tertiary alicyclic amines) is 2. The molecule has 0 bridgehead atoms. The van der Waals surface area contributed by atoms with Gasteiger partial charge in [0.15, 0.2) is 0 Å². The normalized spacial score (nSPS) is 29.4. The van der Waals surface area contributed by atoms with Crippen LogP contribution in [0.25, 0.3) is 0 Å². The number of carbonyl (C=O) groups excluding carboxylic acids is 1. The van der Waals surface area contributed by atoms with Gasteiger partial charge in [0.25, 0.3) is 6.43 Å². The van der Waals surface area contributed by atoms with Crippen molar-refractivity contribution in [2.45, 2.75) is 76.9 Å². The van der Waals surface area contributed by atoms with E-state index in [-0.39, 0.29) is 23.9 Å². The maximum absolute atomic E-state index is 13.7. The molecule has 0 radical (unpaired) electrons. The summed E-state index contributed by atoms with van der Waals surface area (Å²) in [5.74, 6) is 1.05. The molecule has 1 aromatic rings. The molecule has 4 heterocycles. The Hall–Kier alpha value is -1.70. The van der Waals surface area contributed by atoms with E-state index in [0.717, 1.165) is 51.0 Å². The van der Waals surface area contributed by atoms with Crippen molar-refractivity contribution in [3.05, 3.63) is 11.8 Å². The van der Waals surface area contributed by atoms with Crippen molar-refractivity contribution in [1.29, 1.82) is 0 Å². The van der Waals surface area contributed by atoms with Gasteiger partial charge >= 0.3 is 0 Å². The summed E-state index contributed by atoms with van der Waals surface area (Å²) in [4.78, 5) is 17.4. The van der Waals surface area contributed by atoms with Crippen LogP contribution in [0.1, 0.15) is 57.2 Å². The molecular weight excluding hydrogens is 376 g/mol. The first-order valence-corrected chi connectivity index (χ1v) is 11.1. The number of hydrogen-bond donors (Lipinski definition) is 1. The van der Waals surface area contributed by atoms with Gasteiger partial charge in [-0.15, -0.1) is 0 Å². The monoisotopic (exact) mass is 409 g/mol. The van der Waals surface area contributed by atoms with Crippen LogP contribution in [0.2, 0.25) is 0 Å². The van der Waals surface area contributed by atoms with Gasteiger partial charge in [-0.05, 0) is 65.0 Å². The van der Waals surface area contributed by atoms with E-state index in [0.29, 0.717) is 18.8 Å². The average Bonchev–Trinajstić information content (AvgIpc) is 3.12. The molecule has 0 saturated carbocycles. The zero-order valence-corrected chi connectivity index (χ0v) is 17.5. The quantitative estimate of drug-likeness (QED) is 0.829. The number of amides is 1. The fourth-order valence-corrected chi connectivity index (χ4v) is 5.27. The van der Waals surface area contributed by atoms with E-state index in [4.69, 9.17) is 0 Å². The van der Waals surface area contributed by atoms with E-state index in [2.05, 4.69) is 15.3 Å². The smallest absolute Gasteiger partial charge is 0.260 e. The number of aryl methyl sites for hydroxylation is 1. The zero-order chi connectivity index (χ0) is 20.5. The van der Waals surface area contributed by atoms with Gasteiger partial charge in [0, 0.05) is 25.2 Å². The first-order chi connectivity index (χ1) is 13.9. The second kappa shape index (κ2) is 8.58. The highest BCUT2D eigenvalue weighted by Gasteiger charge is 2.39. The number of aromatic nitrogens is 2. The summed E-state index contributed by atoms with van der Waals surface area (Å²) in [5, 5.41) is 7.70. The third-order valence-electron chi connectivity index (χ3n) is 6.93. The molecule has 4 rings (SSSR count). The van der Waals surface area contributed by atoms with E-state index < -0.39 is 12.5 Å². The molecule has 1 N–H and O–H groups in total. The number of rotatable bonds is 4. The minimum Gasteiger partial charge on any atom is -0.367 e. The molecule has 3 aliphatic rings. The fraction of sp³-hybridized carbons (Fsp3) is 0.810. The van der Waals surface area contributed by atoms with Crippen molar-refractivity contribution >= 4 is 11.7 Å². The summed E-state index contributed by atoms with van der Waals surface area (Å²) >= 11 is 0. The number of fused-ring (bicyclic) bond motifs is 1. The van der Waals surface area contributed by atoms with Gasteiger partial charge in [-0.1, -0.05) is 6.42 Å². The Balaban J connectivity index is 1.43. The third kappa shape index (κ3) is 4.27. The van der Waals surface area contributed by atoms with E-state index in [1.165, 1.54) is 11.1 Å².